The molecule has 1 aliphatic rings. The van der Waals surface area contributed by atoms with Crippen LogP contribution in [0.4, 0.5) is 0 Å². The van der Waals surface area contributed by atoms with E-state index in [9.17, 15) is 0 Å². The van der Waals surface area contributed by atoms with Gasteiger partial charge in [-0.2, -0.15) is 5.10 Å². The molecule has 2 heteroatoms. The fraction of sp³-hybridized carbons (Fsp3) is 0.643. The van der Waals surface area contributed by atoms with E-state index in [2.05, 4.69) is 38.7 Å². The van der Waals surface area contributed by atoms with Crippen LogP contribution in [0.5, 0.6) is 0 Å². The molecule has 0 spiro atoms. The fourth-order valence-corrected chi connectivity index (χ4v) is 2.16. The molecule has 2 unspecified atom stereocenters. The topological polar surface area (TPSA) is 15.6 Å². The fourth-order valence-electron chi connectivity index (χ4n) is 2.16. The van der Waals surface area contributed by atoms with Gasteiger partial charge in [-0.15, -0.1) is 6.42 Å². The average Bonchev–Trinajstić information content (AvgIpc) is 2.30. The van der Waals surface area contributed by atoms with E-state index < -0.39 is 0 Å². The maximum atomic E-state index is 5.69. The summed E-state index contributed by atoms with van der Waals surface area (Å²) in [5, 5.41) is 6.62. The summed E-state index contributed by atoms with van der Waals surface area (Å²) in [7, 11) is 2.00. The second-order valence-corrected chi connectivity index (χ2v) is 4.41. The first-order chi connectivity index (χ1) is 7.56. The first-order valence-electron chi connectivity index (χ1n) is 6.03. The van der Waals surface area contributed by atoms with E-state index in [0.717, 1.165) is 18.6 Å². The largest absolute Gasteiger partial charge is 0.295 e. The van der Waals surface area contributed by atoms with Crippen molar-refractivity contribution in [1.29, 1.82) is 0 Å². The van der Waals surface area contributed by atoms with Crippen LogP contribution in [0.25, 0.3) is 0 Å². The van der Waals surface area contributed by atoms with Crippen LogP contribution in [-0.4, -0.2) is 23.8 Å². The molecule has 0 aliphatic carbocycles. The van der Waals surface area contributed by atoms with Crippen LogP contribution in [0.1, 0.15) is 40.5 Å². The molecule has 16 heavy (non-hydrogen) atoms. The second-order valence-electron chi connectivity index (χ2n) is 4.41. The molecule has 1 rings (SSSR count). The smallest absolute Gasteiger partial charge is 0.0684 e. The highest BCUT2D eigenvalue weighted by molar-refractivity contribution is 6.02. The molecule has 0 amide bonds. The Bertz CT molecular complexity index is 357. The predicted molar refractivity (Wildman–Crippen MR) is 70.3 cm³/mol. The van der Waals surface area contributed by atoms with Gasteiger partial charge in [0.25, 0.3) is 0 Å². The van der Waals surface area contributed by atoms with E-state index in [0.29, 0.717) is 0 Å². The molecule has 0 N–H and O–H groups in total. The van der Waals surface area contributed by atoms with Crippen LogP contribution in [0.15, 0.2) is 16.2 Å². The zero-order chi connectivity index (χ0) is 12.3. The van der Waals surface area contributed by atoms with Crippen LogP contribution in [0.3, 0.4) is 0 Å². The van der Waals surface area contributed by atoms with E-state index in [1.165, 1.54) is 11.1 Å². The van der Waals surface area contributed by atoms with Gasteiger partial charge < -0.3 is 0 Å². The maximum Gasteiger partial charge on any atom is 0.0684 e. The van der Waals surface area contributed by atoms with Crippen LogP contribution < -0.4 is 0 Å². The van der Waals surface area contributed by atoms with Gasteiger partial charge in [-0.25, -0.2) is 0 Å². The highest BCUT2D eigenvalue weighted by atomic mass is 15.5. The summed E-state index contributed by atoms with van der Waals surface area (Å²) in [4.78, 5) is 0. The zero-order valence-electron chi connectivity index (χ0n) is 11.0. The molecular formula is C14H22N2. The quantitative estimate of drug-likeness (QED) is 0.650. The molecule has 0 radical (unpaired) electrons. The van der Waals surface area contributed by atoms with Crippen molar-refractivity contribution in [3.8, 4) is 12.3 Å². The summed E-state index contributed by atoms with van der Waals surface area (Å²) in [6, 6.07) is 0.289. The van der Waals surface area contributed by atoms with Crippen molar-refractivity contribution in [2.45, 2.75) is 46.6 Å². The van der Waals surface area contributed by atoms with E-state index >= 15 is 0 Å². The van der Waals surface area contributed by atoms with Gasteiger partial charge in [0.2, 0.25) is 0 Å². The van der Waals surface area contributed by atoms with Crippen molar-refractivity contribution in [2.75, 3.05) is 7.05 Å². The third-order valence-corrected chi connectivity index (χ3v) is 3.48. The van der Waals surface area contributed by atoms with Gasteiger partial charge in [-0.3, -0.25) is 5.01 Å². The van der Waals surface area contributed by atoms with Gasteiger partial charge in [0, 0.05) is 7.05 Å². The monoisotopic (exact) mass is 218 g/mol. The standard InChI is InChI=1S/C14H22N2/c1-7-10(4)14-12(8-2)11(5)16(6)15-13(14)9-3/h2,11-12H,7,9H2,1,3-6H3/b14-10+. The Hall–Kier alpha value is -1.23. The third-order valence-electron chi connectivity index (χ3n) is 3.48. The summed E-state index contributed by atoms with van der Waals surface area (Å²) in [5.74, 6) is 3.11. The molecule has 2 atom stereocenters. The Balaban J connectivity index is 3.30. The van der Waals surface area contributed by atoms with Gasteiger partial charge >= 0.3 is 0 Å². The maximum absolute atomic E-state index is 5.69. The minimum atomic E-state index is 0.178. The average molecular weight is 218 g/mol. The molecule has 2 nitrogen and oxygen atoms in total. The minimum absolute atomic E-state index is 0.178. The Morgan fingerprint density at radius 1 is 1.50 bits per heavy atom. The number of hydrogen-bond donors (Lipinski definition) is 0. The van der Waals surface area contributed by atoms with Gasteiger partial charge in [-0.1, -0.05) is 25.3 Å². The first kappa shape index (κ1) is 12.8. The molecule has 1 aliphatic heterocycles. The molecule has 0 saturated carbocycles. The lowest BCUT2D eigenvalue weighted by Gasteiger charge is -2.35. The molecule has 0 aromatic carbocycles. The third kappa shape index (κ3) is 2.14. The number of allylic oxidation sites excluding steroid dienone is 1. The number of nitrogens with zero attached hydrogens (tertiary/aromatic N) is 2. The molecule has 0 bridgehead atoms. The van der Waals surface area contributed by atoms with Gasteiger partial charge in [0.05, 0.1) is 17.7 Å². The normalized spacial score (nSPS) is 28.5. The van der Waals surface area contributed by atoms with Crippen molar-refractivity contribution >= 4 is 5.71 Å². The van der Waals surface area contributed by atoms with Crippen molar-refractivity contribution in [3.63, 3.8) is 0 Å². The number of hydrogen-bond acceptors (Lipinski definition) is 2. The summed E-state index contributed by atoms with van der Waals surface area (Å²) in [6.07, 6.45) is 7.68. The summed E-state index contributed by atoms with van der Waals surface area (Å²) in [6.45, 7) is 8.62. The number of hydrazone groups is 1. The van der Waals surface area contributed by atoms with Crippen molar-refractivity contribution < 1.29 is 0 Å². The zero-order valence-corrected chi connectivity index (χ0v) is 11.0. The highest BCUT2D eigenvalue weighted by Gasteiger charge is 2.30. The first-order valence-corrected chi connectivity index (χ1v) is 6.03. The van der Waals surface area contributed by atoms with E-state index in [-0.39, 0.29) is 12.0 Å². The molecule has 1 heterocycles. The molecular weight excluding hydrogens is 196 g/mol. The summed E-state index contributed by atoms with van der Waals surface area (Å²) in [5.41, 5.74) is 3.84. The highest BCUT2D eigenvalue weighted by Crippen LogP contribution is 2.29. The molecule has 0 saturated heterocycles. The van der Waals surface area contributed by atoms with Gasteiger partial charge in [0.1, 0.15) is 0 Å². The molecule has 0 aromatic heterocycles. The summed E-state index contributed by atoms with van der Waals surface area (Å²) >= 11 is 0. The Labute approximate surface area is 99.4 Å². The number of terminal acetylenes is 1. The Kier molecular flexibility index (Phi) is 4.18. The van der Waals surface area contributed by atoms with E-state index in [1.54, 1.807) is 0 Å². The van der Waals surface area contributed by atoms with Gasteiger partial charge in [-0.05, 0) is 32.3 Å². The van der Waals surface area contributed by atoms with Crippen LogP contribution in [0.2, 0.25) is 0 Å². The lowest BCUT2D eigenvalue weighted by atomic mass is 9.83. The Morgan fingerprint density at radius 3 is 2.56 bits per heavy atom. The second kappa shape index (κ2) is 5.21. The summed E-state index contributed by atoms with van der Waals surface area (Å²) < 4.78 is 0. The molecule has 0 aromatic rings. The minimum Gasteiger partial charge on any atom is -0.295 e. The van der Waals surface area contributed by atoms with Crippen LogP contribution >= 0.6 is 0 Å². The SMILES string of the molecule is C#CC1/C(=C(/C)CC)C(CC)=NN(C)C1C. The lowest BCUT2D eigenvalue weighted by molar-refractivity contribution is 0.231. The Morgan fingerprint density at radius 2 is 2.12 bits per heavy atom. The molecule has 0 fully saturated rings. The van der Waals surface area contributed by atoms with Crippen LogP contribution in [0, 0.1) is 18.3 Å². The lowest BCUT2D eigenvalue weighted by Crippen LogP contribution is -2.39. The number of rotatable bonds is 2. The van der Waals surface area contributed by atoms with Gasteiger partial charge in [0.15, 0.2) is 0 Å². The van der Waals surface area contributed by atoms with Crippen molar-refractivity contribution in [3.05, 3.63) is 11.1 Å². The predicted octanol–water partition coefficient (Wildman–Crippen LogP) is 3.06. The molecule has 88 valence electrons. The van der Waals surface area contributed by atoms with Crippen LogP contribution in [-0.2, 0) is 0 Å². The van der Waals surface area contributed by atoms with Crippen molar-refractivity contribution in [1.82, 2.24) is 5.01 Å². The van der Waals surface area contributed by atoms with Crippen molar-refractivity contribution in [2.24, 2.45) is 11.0 Å². The van der Waals surface area contributed by atoms with E-state index in [1.807, 2.05) is 12.1 Å². The van der Waals surface area contributed by atoms with E-state index in [4.69, 9.17) is 6.42 Å².